The van der Waals surface area contributed by atoms with Crippen molar-refractivity contribution in [1.29, 1.82) is 0 Å². The second-order valence-electron chi connectivity index (χ2n) is 3.12. The van der Waals surface area contributed by atoms with Gasteiger partial charge in [-0.3, -0.25) is 0 Å². The fraction of sp³-hybridized carbons (Fsp3) is 0.100. The number of halogens is 1. The van der Waals surface area contributed by atoms with Gasteiger partial charge in [0.1, 0.15) is 11.6 Å². The number of nitrogens with zero attached hydrogens (tertiary/aromatic N) is 1. The molecule has 0 radical (unpaired) electrons. The Bertz CT molecular complexity index is 439. The van der Waals surface area contributed by atoms with Crippen molar-refractivity contribution in [1.82, 2.24) is 9.97 Å². The average Bonchev–Trinajstić information content (AvgIpc) is 2.72. The van der Waals surface area contributed by atoms with E-state index >= 15 is 0 Å². The second-order valence-corrected chi connectivity index (χ2v) is 3.12. The molecule has 15 heavy (non-hydrogen) atoms. The molecular weight excluding hydrogens is 195 g/mol. The van der Waals surface area contributed by atoms with Crippen LogP contribution >= 0.6 is 0 Å². The predicted molar refractivity (Wildman–Crippen MR) is 56.7 cm³/mol. The zero-order valence-electron chi connectivity index (χ0n) is 8.00. The highest BCUT2D eigenvalue weighted by Crippen LogP contribution is 2.19. The molecule has 4 N–H and O–H groups in total. The summed E-state index contributed by atoms with van der Waals surface area (Å²) in [5.41, 5.74) is 6.76. The Labute approximate surface area is 86.3 Å². The van der Waals surface area contributed by atoms with E-state index < -0.39 is 0 Å². The van der Waals surface area contributed by atoms with E-state index in [9.17, 15) is 4.39 Å². The van der Waals surface area contributed by atoms with Crippen LogP contribution in [0.15, 0.2) is 30.6 Å². The first-order valence-corrected chi connectivity index (χ1v) is 4.53. The van der Waals surface area contributed by atoms with Crippen LogP contribution in [-0.2, 0) is 6.54 Å². The van der Waals surface area contributed by atoms with E-state index in [-0.39, 0.29) is 5.82 Å². The predicted octanol–water partition coefficient (Wildman–Crippen LogP) is 1.74. The SMILES string of the molecule is Nc1ccc(F)cc1NCc1ncc[nH]1. The van der Waals surface area contributed by atoms with Gasteiger partial charge in [0.2, 0.25) is 0 Å². The molecule has 0 spiro atoms. The molecule has 4 nitrogen and oxygen atoms in total. The Morgan fingerprint density at radius 3 is 3.07 bits per heavy atom. The second kappa shape index (κ2) is 4.00. The average molecular weight is 206 g/mol. The molecule has 0 amide bonds. The van der Waals surface area contributed by atoms with E-state index in [0.29, 0.717) is 17.9 Å². The number of rotatable bonds is 3. The minimum Gasteiger partial charge on any atom is -0.397 e. The summed E-state index contributed by atoms with van der Waals surface area (Å²) >= 11 is 0. The van der Waals surface area contributed by atoms with Crippen LogP contribution in [0.2, 0.25) is 0 Å². The summed E-state index contributed by atoms with van der Waals surface area (Å²) in [6.07, 6.45) is 3.39. The number of aromatic nitrogens is 2. The molecule has 0 atom stereocenters. The Balaban J connectivity index is 2.07. The molecule has 1 aromatic carbocycles. The lowest BCUT2D eigenvalue weighted by molar-refractivity contribution is 0.628. The third-order valence-corrected chi connectivity index (χ3v) is 2.02. The van der Waals surface area contributed by atoms with Crippen LogP contribution in [0.4, 0.5) is 15.8 Å². The van der Waals surface area contributed by atoms with Gasteiger partial charge in [0, 0.05) is 12.4 Å². The van der Waals surface area contributed by atoms with Crippen molar-refractivity contribution in [3.05, 3.63) is 42.2 Å². The number of benzene rings is 1. The number of nitrogens with two attached hydrogens (primary N) is 1. The van der Waals surface area contributed by atoms with Crippen molar-refractivity contribution in [3.8, 4) is 0 Å². The Morgan fingerprint density at radius 2 is 2.33 bits per heavy atom. The molecule has 2 aromatic rings. The van der Waals surface area contributed by atoms with Gasteiger partial charge in [-0.05, 0) is 18.2 Å². The maximum Gasteiger partial charge on any atom is 0.125 e. The van der Waals surface area contributed by atoms with Gasteiger partial charge in [0.25, 0.3) is 0 Å². The molecule has 78 valence electrons. The first-order chi connectivity index (χ1) is 7.25. The quantitative estimate of drug-likeness (QED) is 0.670. The number of imidazole rings is 1. The third-order valence-electron chi connectivity index (χ3n) is 2.02. The molecule has 1 heterocycles. The molecule has 0 fully saturated rings. The van der Waals surface area contributed by atoms with Gasteiger partial charge in [-0.1, -0.05) is 0 Å². The molecule has 2 rings (SSSR count). The van der Waals surface area contributed by atoms with Gasteiger partial charge in [-0.25, -0.2) is 9.37 Å². The normalized spacial score (nSPS) is 10.2. The molecule has 0 saturated heterocycles. The first-order valence-electron chi connectivity index (χ1n) is 4.53. The smallest absolute Gasteiger partial charge is 0.125 e. The summed E-state index contributed by atoms with van der Waals surface area (Å²) in [4.78, 5) is 6.96. The van der Waals surface area contributed by atoms with Crippen LogP contribution in [0.1, 0.15) is 5.82 Å². The summed E-state index contributed by atoms with van der Waals surface area (Å²) < 4.78 is 12.9. The number of hydrogen-bond donors (Lipinski definition) is 3. The van der Waals surface area contributed by atoms with Crippen molar-refractivity contribution in [2.45, 2.75) is 6.54 Å². The van der Waals surface area contributed by atoms with E-state index in [1.54, 1.807) is 12.4 Å². The lowest BCUT2D eigenvalue weighted by Gasteiger charge is -2.07. The van der Waals surface area contributed by atoms with Gasteiger partial charge in [-0.15, -0.1) is 0 Å². The van der Waals surface area contributed by atoms with Crippen LogP contribution < -0.4 is 11.1 Å². The molecule has 0 aliphatic rings. The molecule has 0 aliphatic carbocycles. The van der Waals surface area contributed by atoms with Crippen LogP contribution in [-0.4, -0.2) is 9.97 Å². The van der Waals surface area contributed by atoms with Gasteiger partial charge in [-0.2, -0.15) is 0 Å². The monoisotopic (exact) mass is 206 g/mol. The Kier molecular flexibility index (Phi) is 2.53. The minimum absolute atomic E-state index is 0.314. The largest absolute Gasteiger partial charge is 0.397 e. The standard InChI is InChI=1S/C10H11FN4/c11-7-1-2-8(12)9(5-7)15-6-10-13-3-4-14-10/h1-5,15H,6,12H2,(H,13,14). The molecule has 0 saturated carbocycles. The fourth-order valence-electron chi connectivity index (χ4n) is 1.26. The van der Waals surface area contributed by atoms with Gasteiger partial charge >= 0.3 is 0 Å². The van der Waals surface area contributed by atoms with E-state index in [1.165, 1.54) is 18.2 Å². The molecular formula is C10H11FN4. The fourth-order valence-corrected chi connectivity index (χ4v) is 1.26. The summed E-state index contributed by atoms with van der Waals surface area (Å²) in [5.74, 6) is 0.463. The zero-order chi connectivity index (χ0) is 10.7. The Morgan fingerprint density at radius 1 is 1.47 bits per heavy atom. The van der Waals surface area contributed by atoms with E-state index in [4.69, 9.17) is 5.73 Å². The van der Waals surface area contributed by atoms with Gasteiger partial charge in [0.05, 0.1) is 17.9 Å². The highest BCUT2D eigenvalue weighted by molar-refractivity contribution is 5.65. The van der Waals surface area contributed by atoms with Crippen LogP contribution in [0.25, 0.3) is 0 Å². The summed E-state index contributed by atoms with van der Waals surface area (Å²) in [6, 6.07) is 4.21. The Hall–Kier alpha value is -2.04. The number of hydrogen-bond acceptors (Lipinski definition) is 3. The number of H-pyrrole nitrogens is 1. The number of anilines is 2. The number of aromatic amines is 1. The lowest BCUT2D eigenvalue weighted by Crippen LogP contribution is -2.04. The van der Waals surface area contributed by atoms with Crippen molar-refractivity contribution < 1.29 is 4.39 Å². The topological polar surface area (TPSA) is 66.7 Å². The van der Waals surface area contributed by atoms with Crippen LogP contribution in [0, 0.1) is 5.82 Å². The summed E-state index contributed by atoms with van der Waals surface area (Å²) in [5, 5.41) is 3.00. The first kappa shape index (κ1) is 9.51. The molecule has 5 heteroatoms. The van der Waals surface area contributed by atoms with E-state index in [1.807, 2.05) is 0 Å². The molecule has 1 aromatic heterocycles. The third kappa shape index (κ3) is 2.25. The maximum absolute atomic E-state index is 12.9. The number of nitrogen functional groups attached to an aromatic ring is 1. The highest BCUT2D eigenvalue weighted by Gasteiger charge is 2.01. The summed E-state index contributed by atoms with van der Waals surface area (Å²) in [6.45, 7) is 0.487. The van der Waals surface area contributed by atoms with Crippen LogP contribution in [0.5, 0.6) is 0 Å². The van der Waals surface area contributed by atoms with Crippen molar-refractivity contribution in [2.24, 2.45) is 0 Å². The molecule has 0 unspecified atom stereocenters. The van der Waals surface area contributed by atoms with Gasteiger partial charge in [0.15, 0.2) is 0 Å². The van der Waals surface area contributed by atoms with Crippen molar-refractivity contribution in [3.63, 3.8) is 0 Å². The van der Waals surface area contributed by atoms with Crippen molar-refractivity contribution in [2.75, 3.05) is 11.1 Å². The molecule has 0 bridgehead atoms. The highest BCUT2D eigenvalue weighted by atomic mass is 19.1. The van der Waals surface area contributed by atoms with E-state index in [0.717, 1.165) is 5.82 Å². The lowest BCUT2D eigenvalue weighted by atomic mass is 10.2. The van der Waals surface area contributed by atoms with Crippen molar-refractivity contribution >= 4 is 11.4 Å². The van der Waals surface area contributed by atoms with E-state index in [2.05, 4.69) is 15.3 Å². The summed E-state index contributed by atoms with van der Waals surface area (Å²) in [7, 11) is 0. The number of nitrogens with one attached hydrogen (secondary N) is 2. The minimum atomic E-state index is -0.314. The zero-order valence-corrected chi connectivity index (χ0v) is 8.00. The van der Waals surface area contributed by atoms with Gasteiger partial charge < -0.3 is 16.0 Å². The maximum atomic E-state index is 12.9. The van der Waals surface area contributed by atoms with Crippen LogP contribution in [0.3, 0.4) is 0 Å². The molecule has 0 aliphatic heterocycles.